The van der Waals surface area contributed by atoms with Gasteiger partial charge in [-0.2, -0.15) is 0 Å². The molecule has 2 N–H and O–H groups in total. The van der Waals surface area contributed by atoms with Crippen LogP contribution in [0.15, 0.2) is 18.2 Å². The average Bonchev–Trinajstić information content (AvgIpc) is 2.74. The van der Waals surface area contributed by atoms with Crippen LogP contribution in [0.3, 0.4) is 0 Å². The first-order chi connectivity index (χ1) is 9.45. The third-order valence-corrected chi connectivity index (χ3v) is 4.74. The summed E-state index contributed by atoms with van der Waals surface area (Å²) in [7, 11) is 0. The fraction of sp³-hybridized carbons (Fsp3) is 0.438. The van der Waals surface area contributed by atoms with Gasteiger partial charge in [0.05, 0.1) is 5.69 Å². The minimum atomic E-state index is 0.0549. The van der Waals surface area contributed by atoms with E-state index in [1.165, 1.54) is 16.9 Å². The highest BCUT2D eigenvalue weighted by atomic mass is 32.1. The minimum Gasteiger partial charge on any atom is -0.397 e. The lowest BCUT2D eigenvalue weighted by Gasteiger charge is -2.22. The van der Waals surface area contributed by atoms with E-state index in [-0.39, 0.29) is 5.91 Å². The van der Waals surface area contributed by atoms with Gasteiger partial charge in [0.2, 0.25) is 0 Å². The molecule has 4 heteroatoms. The topological polar surface area (TPSA) is 46.3 Å². The molecule has 1 amide bonds. The lowest BCUT2D eigenvalue weighted by atomic mass is 10.1. The van der Waals surface area contributed by atoms with Crippen molar-refractivity contribution in [2.75, 3.05) is 18.8 Å². The molecule has 0 aliphatic heterocycles. The Morgan fingerprint density at radius 2 is 2.10 bits per heavy atom. The van der Waals surface area contributed by atoms with Crippen LogP contribution in [0.25, 0.3) is 10.1 Å². The molecule has 0 aliphatic carbocycles. The van der Waals surface area contributed by atoms with Crippen LogP contribution in [0.1, 0.15) is 36.0 Å². The smallest absolute Gasteiger partial charge is 0.266 e. The number of carbonyl (C=O) groups excluding carboxylic acids is 1. The number of nitrogens with zero attached hydrogens (tertiary/aromatic N) is 1. The molecule has 2 aromatic rings. The fourth-order valence-electron chi connectivity index (χ4n) is 2.38. The Bertz CT molecular complexity index is 631. The summed E-state index contributed by atoms with van der Waals surface area (Å²) in [6, 6.07) is 6.03. The number of carbonyl (C=O) groups is 1. The molecule has 0 radical (unpaired) electrons. The van der Waals surface area contributed by atoms with Crippen molar-refractivity contribution in [3.63, 3.8) is 0 Å². The number of nitrogens with two attached hydrogens (primary N) is 1. The maximum Gasteiger partial charge on any atom is 0.266 e. The van der Waals surface area contributed by atoms with Gasteiger partial charge in [-0.05, 0) is 25.3 Å². The number of amides is 1. The number of anilines is 1. The molecule has 0 atom stereocenters. The Balaban J connectivity index is 2.44. The van der Waals surface area contributed by atoms with Crippen LogP contribution in [0.5, 0.6) is 0 Å². The van der Waals surface area contributed by atoms with E-state index < -0.39 is 0 Å². The van der Waals surface area contributed by atoms with Crippen molar-refractivity contribution in [1.29, 1.82) is 0 Å². The number of nitrogen functional groups attached to an aromatic ring is 1. The summed E-state index contributed by atoms with van der Waals surface area (Å²) in [5.74, 6) is 0.510. The van der Waals surface area contributed by atoms with Crippen molar-refractivity contribution < 1.29 is 4.79 Å². The second-order valence-electron chi connectivity index (χ2n) is 5.53. The van der Waals surface area contributed by atoms with Gasteiger partial charge in [0, 0.05) is 23.2 Å². The zero-order chi connectivity index (χ0) is 14.9. The zero-order valence-electron chi connectivity index (χ0n) is 12.6. The summed E-state index contributed by atoms with van der Waals surface area (Å²) in [5, 5.41) is 0.999. The largest absolute Gasteiger partial charge is 0.397 e. The Kier molecular flexibility index (Phi) is 4.33. The molecule has 0 fully saturated rings. The Labute approximate surface area is 124 Å². The van der Waals surface area contributed by atoms with Crippen molar-refractivity contribution in [2.24, 2.45) is 5.92 Å². The first-order valence-electron chi connectivity index (χ1n) is 7.02. The average molecular weight is 290 g/mol. The number of rotatable bonds is 4. The number of hydrogen-bond acceptors (Lipinski definition) is 3. The van der Waals surface area contributed by atoms with Crippen LogP contribution >= 0.6 is 11.3 Å². The van der Waals surface area contributed by atoms with Crippen LogP contribution < -0.4 is 5.73 Å². The Hall–Kier alpha value is -1.55. The normalized spacial score (nSPS) is 11.2. The van der Waals surface area contributed by atoms with Crippen molar-refractivity contribution in [3.05, 3.63) is 28.6 Å². The zero-order valence-corrected chi connectivity index (χ0v) is 13.4. The van der Waals surface area contributed by atoms with E-state index in [0.717, 1.165) is 16.6 Å². The highest BCUT2D eigenvalue weighted by Gasteiger charge is 2.22. The summed E-state index contributed by atoms with van der Waals surface area (Å²) in [5.41, 5.74) is 7.99. The molecule has 108 valence electrons. The third kappa shape index (κ3) is 2.66. The van der Waals surface area contributed by atoms with E-state index in [0.29, 0.717) is 23.0 Å². The summed E-state index contributed by atoms with van der Waals surface area (Å²) in [6.45, 7) is 9.78. The quantitative estimate of drug-likeness (QED) is 0.928. The lowest BCUT2D eigenvalue weighted by molar-refractivity contribution is 0.0751. The first kappa shape index (κ1) is 14.9. The standard InChI is InChI=1S/C16H22N2OS/c1-5-18(9-10(2)3)16(19)15-13(17)12-8-6-7-11(4)14(12)20-15/h6-8,10H,5,9,17H2,1-4H3. The van der Waals surface area contributed by atoms with Crippen molar-refractivity contribution in [1.82, 2.24) is 4.90 Å². The molecular formula is C16H22N2OS. The molecule has 0 saturated carbocycles. The lowest BCUT2D eigenvalue weighted by Crippen LogP contribution is -2.33. The third-order valence-electron chi connectivity index (χ3n) is 3.40. The van der Waals surface area contributed by atoms with Crippen molar-refractivity contribution in [2.45, 2.75) is 27.7 Å². The Morgan fingerprint density at radius 3 is 2.65 bits per heavy atom. The summed E-state index contributed by atoms with van der Waals surface area (Å²) in [6.07, 6.45) is 0. The van der Waals surface area contributed by atoms with E-state index in [4.69, 9.17) is 5.73 Å². The number of fused-ring (bicyclic) bond motifs is 1. The minimum absolute atomic E-state index is 0.0549. The second kappa shape index (κ2) is 5.83. The highest BCUT2D eigenvalue weighted by Crippen LogP contribution is 2.36. The van der Waals surface area contributed by atoms with Gasteiger partial charge in [-0.15, -0.1) is 11.3 Å². The molecule has 0 bridgehead atoms. The number of hydrogen-bond donors (Lipinski definition) is 1. The molecule has 2 rings (SSSR count). The van der Waals surface area contributed by atoms with Crippen LogP contribution in [0.4, 0.5) is 5.69 Å². The first-order valence-corrected chi connectivity index (χ1v) is 7.84. The van der Waals surface area contributed by atoms with Gasteiger partial charge in [-0.25, -0.2) is 0 Å². The molecule has 3 nitrogen and oxygen atoms in total. The molecule has 20 heavy (non-hydrogen) atoms. The summed E-state index contributed by atoms with van der Waals surface area (Å²) < 4.78 is 1.12. The van der Waals surface area contributed by atoms with Gasteiger partial charge >= 0.3 is 0 Å². The SMILES string of the molecule is CCN(CC(C)C)C(=O)c1sc2c(C)cccc2c1N. The predicted molar refractivity (Wildman–Crippen MR) is 87.4 cm³/mol. The molecule has 1 heterocycles. The predicted octanol–water partition coefficient (Wildman–Crippen LogP) is 3.91. The van der Waals surface area contributed by atoms with E-state index in [2.05, 4.69) is 26.8 Å². The van der Waals surface area contributed by atoms with Crippen LogP contribution in [0.2, 0.25) is 0 Å². The highest BCUT2D eigenvalue weighted by molar-refractivity contribution is 7.21. The molecule has 0 spiro atoms. The van der Waals surface area contributed by atoms with Crippen LogP contribution in [-0.2, 0) is 0 Å². The molecule has 0 aliphatic rings. The maximum atomic E-state index is 12.7. The van der Waals surface area contributed by atoms with Gasteiger partial charge in [0.15, 0.2) is 0 Å². The Morgan fingerprint density at radius 1 is 1.40 bits per heavy atom. The number of benzene rings is 1. The number of thiophene rings is 1. The summed E-state index contributed by atoms with van der Waals surface area (Å²) in [4.78, 5) is 15.2. The van der Waals surface area contributed by atoms with E-state index in [1.54, 1.807) is 0 Å². The van der Waals surface area contributed by atoms with Gasteiger partial charge in [0.1, 0.15) is 4.88 Å². The van der Waals surface area contributed by atoms with E-state index in [1.807, 2.05) is 24.0 Å². The van der Waals surface area contributed by atoms with Gasteiger partial charge < -0.3 is 10.6 Å². The second-order valence-corrected chi connectivity index (χ2v) is 6.55. The summed E-state index contributed by atoms with van der Waals surface area (Å²) >= 11 is 1.51. The van der Waals surface area contributed by atoms with Crippen molar-refractivity contribution in [3.8, 4) is 0 Å². The van der Waals surface area contributed by atoms with Gasteiger partial charge in [-0.1, -0.05) is 32.0 Å². The van der Waals surface area contributed by atoms with Gasteiger partial charge in [0.25, 0.3) is 5.91 Å². The fourth-order valence-corrected chi connectivity index (χ4v) is 3.54. The van der Waals surface area contributed by atoms with Crippen molar-refractivity contribution >= 4 is 33.0 Å². The van der Waals surface area contributed by atoms with Gasteiger partial charge in [-0.3, -0.25) is 4.79 Å². The van der Waals surface area contributed by atoms with Crippen LogP contribution in [-0.4, -0.2) is 23.9 Å². The van der Waals surface area contributed by atoms with Crippen LogP contribution in [0, 0.1) is 12.8 Å². The molecule has 1 aromatic carbocycles. The maximum absolute atomic E-state index is 12.7. The molecular weight excluding hydrogens is 268 g/mol. The molecule has 0 saturated heterocycles. The van der Waals surface area contributed by atoms with E-state index >= 15 is 0 Å². The molecule has 1 aromatic heterocycles. The monoisotopic (exact) mass is 290 g/mol. The van der Waals surface area contributed by atoms with E-state index in [9.17, 15) is 4.79 Å². The number of aryl methyl sites for hydroxylation is 1. The molecule has 0 unspecified atom stereocenters.